The average molecular weight is 386 g/mol. The van der Waals surface area contributed by atoms with E-state index in [4.69, 9.17) is 5.73 Å². The number of hydrogen-bond acceptors (Lipinski definition) is 4. The number of rotatable bonds is 5. The number of hydrogen-bond donors (Lipinski definition) is 2. The van der Waals surface area contributed by atoms with E-state index in [1.165, 1.54) is 16.9 Å². The molecule has 7 heteroatoms. The molecule has 2 amide bonds. The molecule has 1 aliphatic heterocycles. The van der Waals surface area contributed by atoms with Crippen molar-refractivity contribution in [1.82, 2.24) is 10.2 Å². The topological polar surface area (TPSA) is 75.4 Å². The zero-order valence-electron chi connectivity index (χ0n) is 14.5. The van der Waals surface area contributed by atoms with Gasteiger partial charge in [0.15, 0.2) is 0 Å². The molecule has 2 atom stereocenters. The third-order valence-corrected chi connectivity index (χ3v) is 6.31. The molecule has 1 aromatic rings. The summed E-state index contributed by atoms with van der Waals surface area (Å²) in [6, 6.07) is 2.29. The predicted molar refractivity (Wildman–Crippen MR) is 103 cm³/mol. The highest BCUT2D eigenvalue weighted by molar-refractivity contribution is 7.10. The van der Waals surface area contributed by atoms with Crippen LogP contribution in [0.5, 0.6) is 0 Å². The lowest BCUT2D eigenvalue weighted by Crippen LogP contribution is -2.45. The van der Waals surface area contributed by atoms with Crippen LogP contribution in [0.4, 0.5) is 0 Å². The van der Waals surface area contributed by atoms with Gasteiger partial charge in [-0.05, 0) is 48.7 Å². The number of carbonyl (C=O) groups is 2. The number of amides is 2. The van der Waals surface area contributed by atoms with Crippen LogP contribution in [0.25, 0.3) is 0 Å². The van der Waals surface area contributed by atoms with Gasteiger partial charge in [0.05, 0.1) is 0 Å². The van der Waals surface area contributed by atoms with Gasteiger partial charge in [0.2, 0.25) is 11.8 Å². The minimum absolute atomic E-state index is 0. The smallest absolute Gasteiger partial charge is 0.223 e. The second-order valence-electron chi connectivity index (χ2n) is 6.89. The van der Waals surface area contributed by atoms with Gasteiger partial charge in [-0.1, -0.05) is 12.8 Å². The molecule has 2 heterocycles. The standard InChI is InChI=1S/C18H27N3O2S.ClH/c19-11-13-3-1-2-4-15(13)20-17(22)5-6-18(23)21-9-7-16-14(12-21)8-10-24-16;/h8,10,13,15H,1-7,9,11-12,19H2,(H,20,22);1H. The fourth-order valence-electron chi connectivity index (χ4n) is 3.80. The van der Waals surface area contributed by atoms with Gasteiger partial charge in [0.1, 0.15) is 0 Å². The largest absolute Gasteiger partial charge is 0.353 e. The van der Waals surface area contributed by atoms with Crippen LogP contribution in [0.1, 0.15) is 49.0 Å². The van der Waals surface area contributed by atoms with Gasteiger partial charge in [-0.15, -0.1) is 23.7 Å². The van der Waals surface area contributed by atoms with E-state index in [2.05, 4.69) is 16.8 Å². The van der Waals surface area contributed by atoms with Crippen molar-refractivity contribution < 1.29 is 9.59 Å². The first-order chi connectivity index (χ1) is 11.7. The first-order valence-corrected chi connectivity index (χ1v) is 9.88. The van der Waals surface area contributed by atoms with Gasteiger partial charge in [-0.25, -0.2) is 0 Å². The van der Waals surface area contributed by atoms with Gasteiger partial charge in [-0.3, -0.25) is 9.59 Å². The highest BCUT2D eigenvalue weighted by Crippen LogP contribution is 2.25. The van der Waals surface area contributed by atoms with Crippen LogP contribution >= 0.6 is 23.7 Å². The first-order valence-electron chi connectivity index (χ1n) is 9.00. The molecule has 1 fully saturated rings. The Balaban J connectivity index is 0.00000225. The summed E-state index contributed by atoms with van der Waals surface area (Å²) in [4.78, 5) is 27.8. The summed E-state index contributed by atoms with van der Waals surface area (Å²) in [6.07, 6.45) is 5.96. The molecule has 0 aromatic carbocycles. The fraction of sp³-hybridized carbons (Fsp3) is 0.667. The van der Waals surface area contributed by atoms with E-state index in [0.717, 1.165) is 32.2 Å². The molecule has 3 N–H and O–H groups in total. The van der Waals surface area contributed by atoms with Crippen molar-refractivity contribution in [2.24, 2.45) is 11.7 Å². The Bertz CT molecular complexity index is 593. The van der Waals surface area contributed by atoms with Gasteiger partial charge in [-0.2, -0.15) is 0 Å². The second kappa shape index (κ2) is 9.55. The molecule has 1 aromatic heterocycles. The summed E-state index contributed by atoms with van der Waals surface area (Å²) in [5.41, 5.74) is 7.07. The maximum Gasteiger partial charge on any atom is 0.223 e. The highest BCUT2D eigenvalue weighted by atomic mass is 35.5. The molecular weight excluding hydrogens is 358 g/mol. The summed E-state index contributed by atoms with van der Waals surface area (Å²) in [5.74, 6) is 0.459. The van der Waals surface area contributed by atoms with Crippen molar-refractivity contribution in [2.75, 3.05) is 13.1 Å². The normalized spacial score (nSPS) is 22.7. The third-order valence-electron chi connectivity index (χ3n) is 5.28. The number of nitrogens with zero attached hydrogens (tertiary/aromatic N) is 1. The van der Waals surface area contributed by atoms with Crippen LogP contribution in [-0.2, 0) is 22.6 Å². The van der Waals surface area contributed by atoms with E-state index < -0.39 is 0 Å². The van der Waals surface area contributed by atoms with Crippen LogP contribution in [0.15, 0.2) is 11.4 Å². The second-order valence-corrected chi connectivity index (χ2v) is 7.89. The van der Waals surface area contributed by atoms with Crippen LogP contribution in [-0.4, -0.2) is 35.8 Å². The van der Waals surface area contributed by atoms with Crippen LogP contribution in [0.3, 0.4) is 0 Å². The molecule has 1 saturated carbocycles. The van der Waals surface area contributed by atoms with Crippen LogP contribution < -0.4 is 11.1 Å². The lowest BCUT2D eigenvalue weighted by Gasteiger charge is -2.31. The van der Waals surface area contributed by atoms with E-state index in [1.807, 2.05) is 4.90 Å². The summed E-state index contributed by atoms with van der Waals surface area (Å²) >= 11 is 1.77. The van der Waals surface area contributed by atoms with E-state index in [1.54, 1.807) is 11.3 Å². The maximum absolute atomic E-state index is 12.4. The maximum atomic E-state index is 12.4. The molecule has 3 rings (SSSR count). The number of carbonyl (C=O) groups excluding carboxylic acids is 2. The Hall–Kier alpha value is -1.11. The highest BCUT2D eigenvalue weighted by Gasteiger charge is 2.26. The zero-order chi connectivity index (χ0) is 16.9. The molecule has 2 unspecified atom stereocenters. The number of nitrogens with one attached hydrogen (secondary N) is 1. The molecule has 1 aliphatic carbocycles. The van der Waals surface area contributed by atoms with E-state index >= 15 is 0 Å². The summed E-state index contributed by atoms with van der Waals surface area (Å²) < 4.78 is 0. The average Bonchev–Trinajstić information content (AvgIpc) is 3.07. The molecule has 0 radical (unpaired) electrons. The molecule has 0 saturated heterocycles. The Morgan fingerprint density at radius 2 is 2.08 bits per heavy atom. The van der Waals surface area contributed by atoms with Crippen molar-refractivity contribution in [3.8, 4) is 0 Å². The van der Waals surface area contributed by atoms with E-state index in [9.17, 15) is 9.59 Å². The molecule has 2 aliphatic rings. The predicted octanol–water partition coefficient (Wildman–Crippen LogP) is 2.47. The molecule has 5 nitrogen and oxygen atoms in total. The van der Waals surface area contributed by atoms with Crippen LogP contribution in [0.2, 0.25) is 0 Å². The van der Waals surface area contributed by atoms with Gasteiger partial charge in [0.25, 0.3) is 0 Å². The van der Waals surface area contributed by atoms with Gasteiger partial charge in [0, 0.05) is 36.9 Å². The zero-order valence-corrected chi connectivity index (χ0v) is 16.2. The van der Waals surface area contributed by atoms with Crippen molar-refractivity contribution in [1.29, 1.82) is 0 Å². The number of halogens is 1. The third kappa shape index (κ3) is 5.19. The van der Waals surface area contributed by atoms with E-state index in [-0.39, 0.29) is 36.7 Å². The fourth-order valence-corrected chi connectivity index (χ4v) is 4.69. The molecule has 25 heavy (non-hydrogen) atoms. The molecule has 0 bridgehead atoms. The summed E-state index contributed by atoms with van der Waals surface area (Å²) in [6.45, 7) is 2.09. The first kappa shape index (κ1) is 20.2. The van der Waals surface area contributed by atoms with Crippen molar-refractivity contribution >= 4 is 35.6 Å². The van der Waals surface area contributed by atoms with Crippen molar-refractivity contribution in [3.05, 3.63) is 21.9 Å². The van der Waals surface area contributed by atoms with Gasteiger partial charge >= 0.3 is 0 Å². The Kier molecular flexibility index (Phi) is 7.72. The summed E-state index contributed by atoms with van der Waals surface area (Å²) in [5, 5.41) is 5.19. The Morgan fingerprint density at radius 3 is 2.88 bits per heavy atom. The molecular formula is C18H28ClN3O2S. The van der Waals surface area contributed by atoms with E-state index in [0.29, 0.717) is 25.4 Å². The molecule has 0 spiro atoms. The van der Waals surface area contributed by atoms with Crippen molar-refractivity contribution in [2.45, 2.75) is 57.5 Å². The van der Waals surface area contributed by atoms with Crippen LogP contribution in [0, 0.1) is 5.92 Å². The lowest BCUT2D eigenvalue weighted by molar-refractivity contribution is -0.134. The Morgan fingerprint density at radius 1 is 1.28 bits per heavy atom. The minimum Gasteiger partial charge on any atom is -0.353 e. The number of thiophene rings is 1. The lowest BCUT2D eigenvalue weighted by atomic mass is 9.84. The molecule has 140 valence electrons. The SMILES string of the molecule is Cl.NCC1CCCCC1NC(=O)CCC(=O)N1CCc2sccc2C1. The van der Waals surface area contributed by atoms with Gasteiger partial charge < -0.3 is 16.0 Å². The Labute approximate surface area is 159 Å². The quantitative estimate of drug-likeness (QED) is 0.817. The number of nitrogens with two attached hydrogens (primary N) is 1. The monoisotopic (exact) mass is 385 g/mol. The minimum atomic E-state index is -0.0121. The van der Waals surface area contributed by atoms with Crippen molar-refractivity contribution in [3.63, 3.8) is 0 Å². The summed E-state index contributed by atoms with van der Waals surface area (Å²) in [7, 11) is 0. The number of fused-ring (bicyclic) bond motifs is 1.